The first-order valence-corrected chi connectivity index (χ1v) is 11.0. The van der Waals surface area contributed by atoms with Gasteiger partial charge in [-0.2, -0.15) is 0 Å². The van der Waals surface area contributed by atoms with Crippen molar-refractivity contribution in [1.29, 1.82) is 0 Å². The van der Waals surface area contributed by atoms with Crippen LogP contribution in [0.4, 0.5) is 11.5 Å². The molecule has 2 aromatic heterocycles. The second kappa shape index (κ2) is 7.18. The molecule has 8 heteroatoms. The molecule has 1 saturated carbocycles. The van der Waals surface area contributed by atoms with Gasteiger partial charge in [0, 0.05) is 32.4 Å². The summed E-state index contributed by atoms with van der Waals surface area (Å²) in [5.41, 5.74) is 5.07. The van der Waals surface area contributed by atoms with Gasteiger partial charge in [0.15, 0.2) is 0 Å². The van der Waals surface area contributed by atoms with Gasteiger partial charge < -0.3 is 9.47 Å². The summed E-state index contributed by atoms with van der Waals surface area (Å²) in [6, 6.07) is 8.11. The predicted octanol–water partition coefficient (Wildman–Crippen LogP) is 2.88. The molecule has 0 atom stereocenters. The fourth-order valence-corrected chi connectivity index (χ4v) is 4.73. The van der Waals surface area contributed by atoms with Crippen LogP contribution in [0.1, 0.15) is 30.9 Å². The second-order valence-electron chi connectivity index (χ2n) is 7.33. The van der Waals surface area contributed by atoms with Crippen molar-refractivity contribution in [2.75, 3.05) is 11.9 Å². The standard InChI is InChI=1S/C20H25N5O2S/c1-4-15-9-14(11-23-28(26,27)16-6-7-16)5-8-18(15)25(3)20-10-19-17(12-21-20)22-13-24(19)2/h5,8-10,12-13,16,23H,4,6-7,11H2,1-3H3. The summed E-state index contributed by atoms with van der Waals surface area (Å²) in [5, 5.41) is -0.198. The zero-order valence-electron chi connectivity index (χ0n) is 16.4. The highest BCUT2D eigenvalue weighted by atomic mass is 32.2. The molecule has 3 aromatic rings. The highest BCUT2D eigenvalue weighted by Crippen LogP contribution is 2.30. The maximum Gasteiger partial charge on any atom is 0.214 e. The number of hydrogen-bond acceptors (Lipinski definition) is 5. The van der Waals surface area contributed by atoms with Gasteiger partial charge in [0.1, 0.15) is 11.3 Å². The molecule has 1 aliphatic rings. The molecule has 0 unspecified atom stereocenters. The number of nitrogens with zero attached hydrogens (tertiary/aromatic N) is 4. The van der Waals surface area contributed by atoms with Gasteiger partial charge >= 0.3 is 0 Å². The minimum atomic E-state index is -3.17. The average Bonchev–Trinajstić information content (AvgIpc) is 3.50. The van der Waals surface area contributed by atoms with Gasteiger partial charge in [-0.1, -0.05) is 19.1 Å². The highest BCUT2D eigenvalue weighted by molar-refractivity contribution is 7.90. The highest BCUT2D eigenvalue weighted by Gasteiger charge is 2.35. The molecule has 1 aromatic carbocycles. The van der Waals surface area contributed by atoms with E-state index in [4.69, 9.17) is 0 Å². The molecular formula is C20H25N5O2S. The van der Waals surface area contributed by atoms with Crippen molar-refractivity contribution in [1.82, 2.24) is 19.3 Å². The Kier molecular flexibility index (Phi) is 4.84. The van der Waals surface area contributed by atoms with Gasteiger partial charge in [0.2, 0.25) is 10.0 Å². The van der Waals surface area contributed by atoms with Gasteiger partial charge in [-0.25, -0.2) is 23.1 Å². The van der Waals surface area contributed by atoms with Crippen molar-refractivity contribution in [3.8, 4) is 0 Å². The molecule has 0 aliphatic heterocycles. The number of nitrogens with one attached hydrogen (secondary N) is 1. The molecule has 1 N–H and O–H groups in total. The first-order chi connectivity index (χ1) is 13.4. The summed E-state index contributed by atoms with van der Waals surface area (Å²) in [4.78, 5) is 10.9. The monoisotopic (exact) mass is 399 g/mol. The number of aryl methyl sites for hydroxylation is 2. The van der Waals surface area contributed by atoms with Crippen LogP contribution in [0.25, 0.3) is 11.0 Å². The van der Waals surface area contributed by atoms with E-state index in [9.17, 15) is 8.42 Å². The number of fused-ring (bicyclic) bond motifs is 1. The topological polar surface area (TPSA) is 80.1 Å². The average molecular weight is 400 g/mol. The van der Waals surface area contributed by atoms with Crippen LogP contribution in [0.3, 0.4) is 0 Å². The van der Waals surface area contributed by atoms with E-state index in [-0.39, 0.29) is 5.25 Å². The molecule has 2 heterocycles. The number of pyridine rings is 1. The van der Waals surface area contributed by atoms with Crippen molar-refractivity contribution in [2.24, 2.45) is 7.05 Å². The number of benzene rings is 1. The van der Waals surface area contributed by atoms with Crippen molar-refractivity contribution >= 4 is 32.6 Å². The summed E-state index contributed by atoms with van der Waals surface area (Å²) in [6.45, 7) is 2.43. The smallest absolute Gasteiger partial charge is 0.214 e. The maximum absolute atomic E-state index is 12.1. The van der Waals surface area contributed by atoms with Crippen LogP contribution in [0.15, 0.2) is 36.8 Å². The van der Waals surface area contributed by atoms with E-state index in [1.54, 1.807) is 12.5 Å². The molecule has 0 spiro atoms. The lowest BCUT2D eigenvalue weighted by atomic mass is 10.1. The van der Waals surface area contributed by atoms with E-state index in [0.717, 1.165) is 52.9 Å². The van der Waals surface area contributed by atoms with E-state index < -0.39 is 10.0 Å². The van der Waals surface area contributed by atoms with Crippen molar-refractivity contribution in [3.05, 3.63) is 47.9 Å². The van der Waals surface area contributed by atoms with Crippen LogP contribution >= 0.6 is 0 Å². The second-order valence-corrected chi connectivity index (χ2v) is 9.37. The van der Waals surface area contributed by atoms with Gasteiger partial charge in [0.05, 0.1) is 23.3 Å². The number of imidazole rings is 1. The quantitative estimate of drug-likeness (QED) is 0.661. The van der Waals surface area contributed by atoms with E-state index in [0.29, 0.717) is 6.54 Å². The Labute approximate surface area is 165 Å². The fraction of sp³-hybridized carbons (Fsp3) is 0.400. The van der Waals surface area contributed by atoms with Gasteiger partial charge in [0.25, 0.3) is 0 Å². The van der Waals surface area contributed by atoms with Crippen molar-refractivity contribution in [3.63, 3.8) is 0 Å². The Morgan fingerprint density at radius 2 is 2.04 bits per heavy atom. The number of aromatic nitrogens is 3. The van der Waals surface area contributed by atoms with Crippen molar-refractivity contribution < 1.29 is 8.42 Å². The number of sulfonamides is 1. The molecule has 0 radical (unpaired) electrons. The first-order valence-electron chi connectivity index (χ1n) is 9.50. The Bertz CT molecular complexity index is 1120. The fourth-order valence-electron chi connectivity index (χ4n) is 3.37. The van der Waals surface area contributed by atoms with Crippen LogP contribution in [-0.2, 0) is 30.0 Å². The molecule has 148 valence electrons. The SMILES string of the molecule is CCc1cc(CNS(=O)(=O)C2CC2)ccc1N(C)c1cc2c(cn1)ncn2C. The molecule has 1 fully saturated rings. The van der Waals surface area contributed by atoms with E-state index in [1.807, 2.05) is 36.9 Å². The first kappa shape index (κ1) is 18.9. The lowest BCUT2D eigenvalue weighted by Crippen LogP contribution is -2.26. The molecule has 4 rings (SSSR count). The zero-order chi connectivity index (χ0) is 19.9. The summed E-state index contributed by atoms with van der Waals surface area (Å²) in [5.74, 6) is 0.841. The predicted molar refractivity (Wildman–Crippen MR) is 111 cm³/mol. The number of anilines is 2. The van der Waals surface area contributed by atoms with Gasteiger partial charge in [-0.3, -0.25) is 0 Å². The van der Waals surface area contributed by atoms with Crippen LogP contribution in [0, 0.1) is 0 Å². The third kappa shape index (κ3) is 3.62. The van der Waals surface area contributed by atoms with Crippen LogP contribution in [0.2, 0.25) is 0 Å². The Hall–Kier alpha value is -2.45. The van der Waals surface area contributed by atoms with E-state index in [1.165, 1.54) is 0 Å². The molecular weight excluding hydrogens is 374 g/mol. The Morgan fingerprint density at radius 3 is 2.75 bits per heavy atom. The summed E-state index contributed by atoms with van der Waals surface area (Å²) < 4.78 is 28.8. The lowest BCUT2D eigenvalue weighted by molar-refractivity contribution is 0.580. The minimum Gasteiger partial charge on any atom is -0.334 e. The van der Waals surface area contributed by atoms with Gasteiger partial charge in [-0.15, -0.1) is 0 Å². The molecule has 0 saturated heterocycles. The largest absolute Gasteiger partial charge is 0.334 e. The van der Waals surface area contributed by atoms with Gasteiger partial charge in [-0.05, 0) is 36.5 Å². The van der Waals surface area contributed by atoms with E-state index in [2.05, 4.69) is 32.6 Å². The zero-order valence-corrected chi connectivity index (χ0v) is 17.2. The van der Waals surface area contributed by atoms with E-state index >= 15 is 0 Å². The normalized spacial score (nSPS) is 14.5. The number of hydrogen-bond donors (Lipinski definition) is 1. The minimum absolute atomic E-state index is 0.198. The van der Waals surface area contributed by atoms with Crippen LogP contribution < -0.4 is 9.62 Å². The third-order valence-corrected chi connectivity index (χ3v) is 7.16. The molecule has 0 amide bonds. The lowest BCUT2D eigenvalue weighted by Gasteiger charge is -2.22. The molecule has 7 nitrogen and oxygen atoms in total. The number of rotatable bonds is 7. The maximum atomic E-state index is 12.1. The molecule has 28 heavy (non-hydrogen) atoms. The van der Waals surface area contributed by atoms with Crippen molar-refractivity contribution in [2.45, 2.75) is 38.0 Å². The third-order valence-electron chi connectivity index (χ3n) is 5.27. The Morgan fingerprint density at radius 1 is 1.25 bits per heavy atom. The summed E-state index contributed by atoms with van der Waals surface area (Å²) in [6.07, 6.45) is 5.95. The Balaban J connectivity index is 1.58. The van der Waals surface area contributed by atoms with Crippen LogP contribution in [-0.4, -0.2) is 35.3 Å². The summed E-state index contributed by atoms with van der Waals surface area (Å²) >= 11 is 0. The molecule has 0 bridgehead atoms. The summed E-state index contributed by atoms with van der Waals surface area (Å²) in [7, 11) is 0.789. The van der Waals surface area contributed by atoms with Crippen LogP contribution in [0.5, 0.6) is 0 Å². The molecule has 1 aliphatic carbocycles.